The largest absolute Gasteiger partial charge is 0.284 e. The van der Waals surface area contributed by atoms with Crippen molar-refractivity contribution >= 4 is 5.69 Å². The molecule has 0 aliphatic heterocycles. The highest BCUT2D eigenvalue weighted by Crippen LogP contribution is 2.18. The number of nitriles is 1. The summed E-state index contributed by atoms with van der Waals surface area (Å²) in [5, 5.41) is 19.3. The van der Waals surface area contributed by atoms with E-state index >= 15 is 0 Å². The number of nitro benzene ring substituents is 1. The van der Waals surface area contributed by atoms with Gasteiger partial charge in [0.25, 0.3) is 5.69 Å². The normalized spacial score (nSPS) is 10.7. The number of nitrogens with zero attached hydrogens (tertiary/aromatic N) is 3. The summed E-state index contributed by atoms with van der Waals surface area (Å²) < 4.78 is 13.2. The molecule has 0 heterocycles. The molecule has 0 aromatic heterocycles. The first kappa shape index (κ1) is 14.1. The molecule has 1 aromatic rings. The quantitative estimate of drug-likeness (QED) is 0.458. The Morgan fingerprint density at radius 3 is 2.67 bits per heavy atom. The van der Waals surface area contributed by atoms with Gasteiger partial charge in [-0.05, 0) is 25.5 Å². The van der Waals surface area contributed by atoms with Crippen molar-refractivity contribution in [3.05, 3.63) is 39.7 Å². The summed E-state index contributed by atoms with van der Waals surface area (Å²) >= 11 is 0. The Morgan fingerprint density at radius 1 is 1.50 bits per heavy atom. The molecule has 0 radical (unpaired) electrons. The minimum absolute atomic E-state index is 0.104. The molecule has 0 saturated heterocycles. The summed E-state index contributed by atoms with van der Waals surface area (Å²) in [4.78, 5) is 11.8. The topological polar surface area (TPSA) is 70.2 Å². The van der Waals surface area contributed by atoms with Gasteiger partial charge in [0.1, 0.15) is 5.82 Å². The third kappa shape index (κ3) is 3.79. The van der Waals surface area contributed by atoms with Gasteiger partial charge >= 0.3 is 0 Å². The van der Waals surface area contributed by atoms with Gasteiger partial charge in [0, 0.05) is 18.7 Å². The van der Waals surface area contributed by atoms with Crippen LogP contribution in [0.1, 0.15) is 19.4 Å². The van der Waals surface area contributed by atoms with Crippen LogP contribution in [-0.4, -0.2) is 22.4 Å². The maximum atomic E-state index is 13.2. The molecule has 0 spiro atoms. The Bertz CT molecular complexity index is 483. The highest BCUT2D eigenvalue weighted by atomic mass is 19.1. The van der Waals surface area contributed by atoms with Crippen LogP contribution in [0, 0.1) is 27.3 Å². The van der Waals surface area contributed by atoms with E-state index in [1.807, 2.05) is 19.9 Å². The molecule has 0 aliphatic rings. The van der Waals surface area contributed by atoms with Crippen LogP contribution < -0.4 is 0 Å². The second-order valence-corrected chi connectivity index (χ2v) is 4.23. The summed E-state index contributed by atoms with van der Waals surface area (Å²) in [6.45, 7) is 4.32. The SMILES string of the molecule is CC(C)N(CC#N)Cc1cc(F)cc([N+](=O)[O-])c1. The molecule has 5 nitrogen and oxygen atoms in total. The molecule has 0 saturated carbocycles. The number of rotatable bonds is 5. The molecule has 6 heteroatoms. The molecule has 0 unspecified atom stereocenters. The summed E-state index contributed by atoms with van der Waals surface area (Å²) in [5.74, 6) is -0.639. The lowest BCUT2D eigenvalue weighted by Crippen LogP contribution is -2.30. The summed E-state index contributed by atoms with van der Waals surface area (Å²) in [6.07, 6.45) is 0. The van der Waals surface area contributed by atoms with Crippen molar-refractivity contribution in [2.45, 2.75) is 26.4 Å². The van der Waals surface area contributed by atoms with E-state index in [1.54, 1.807) is 4.90 Å². The monoisotopic (exact) mass is 251 g/mol. The van der Waals surface area contributed by atoms with Crippen molar-refractivity contribution in [1.82, 2.24) is 4.90 Å². The Kier molecular flexibility index (Phi) is 4.75. The first-order chi connectivity index (χ1) is 8.43. The van der Waals surface area contributed by atoms with Crippen LogP contribution in [0.3, 0.4) is 0 Å². The van der Waals surface area contributed by atoms with Crippen molar-refractivity contribution in [3.63, 3.8) is 0 Å². The van der Waals surface area contributed by atoms with Crippen LogP contribution in [0.4, 0.5) is 10.1 Å². The van der Waals surface area contributed by atoms with Gasteiger partial charge in [-0.15, -0.1) is 0 Å². The minimum atomic E-state index is -0.639. The van der Waals surface area contributed by atoms with E-state index in [-0.39, 0.29) is 18.3 Å². The molecule has 0 amide bonds. The van der Waals surface area contributed by atoms with E-state index in [4.69, 9.17) is 5.26 Å². The fourth-order valence-electron chi connectivity index (χ4n) is 1.58. The predicted molar refractivity (Wildman–Crippen MR) is 64.2 cm³/mol. The molecule has 0 aliphatic carbocycles. The van der Waals surface area contributed by atoms with Gasteiger partial charge in [0.15, 0.2) is 0 Å². The Balaban J connectivity index is 2.96. The highest BCUT2D eigenvalue weighted by molar-refractivity contribution is 5.35. The lowest BCUT2D eigenvalue weighted by molar-refractivity contribution is -0.385. The maximum absolute atomic E-state index is 13.2. The molecule has 96 valence electrons. The van der Waals surface area contributed by atoms with Crippen molar-refractivity contribution in [3.8, 4) is 6.07 Å². The first-order valence-electron chi connectivity index (χ1n) is 5.49. The Morgan fingerprint density at radius 2 is 2.17 bits per heavy atom. The average Bonchev–Trinajstić information content (AvgIpc) is 2.27. The third-order valence-corrected chi connectivity index (χ3v) is 2.54. The summed E-state index contributed by atoms with van der Waals surface area (Å²) in [6, 6.07) is 5.58. The lowest BCUT2D eigenvalue weighted by atomic mass is 10.1. The molecule has 1 aromatic carbocycles. The van der Waals surface area contributed by atoms with Gasteiger partial charge < -0.3 is 0 Å². The molecule has 1 rings (SSSR count). The van der Waals surface area contributed by atoms with Crippen LogP contribution in [-0.2, 0) is 6.54 Å². The van der Waals surface area contributed by atoms with Gasteiger partial charge in [0.05, 0.1) is 23.6 Å². The standard InChI is InChI=1S/C12H14FN3O2/c1-9(2)15(4-3-14)8-10-5-11(13)7-12(6-10)16(17)18/h5-7,9H,4,8H2,1-2H3. The zero-order valence-electron chi connectivity index (χ0n) is 10.3. The van der Waals surface area contributed by atoms with Gasteiger partial charge in [0.2, 0.25) is 0 Å². The Labute approximate surface area is 105 Å². The van der Waals surface area contributed by atoms with Crippen LogP contribution in [0.5, 0.6) is 0 Å². The van der Waals surface area contributed by atoms with E-state index in [2.05, 4.69) is 0 Å². The van der Waals surface area contributed by atoms with Crippen molar-refractivity contribution < 1.29 is 9.31 Å². The van der Waals surface area contributed by atoms with E-state index in [0.29, 0.717) is 12.1 Å². The number of hydrogen-bond acceptors (Lipinski definition) is 4. The molecule has 0 N–H and O–H groups in total. The molecule has 0 fully saturated rings. The van der Waals surface area contributed by atoms with E-state index in [0.717, 1.165) is 6.07 Å². The van der Waals surface area contributed by atoms with Gasteiger partial charge in [-0.25, -0.2) is 4.39 Å². The molecule has 0 bridgehead atoms. The molecular weight excluding hydrogens is 237 g/mol. The fraction of sp³-hybridized carbons (Fsp3) is 0.417. The van der Waals surface area contributed by atoms with Gasteiger partial charge in [-0.3, -0.25) is 15.0 Å². The summed E-state index contributed by atoms with van der Waals surface area (Å²) in [5.41, 5.74) is 0.219. The van der Waals surface area contributed by atoms with Crippen LogP contribution >= 0.6 is 0 Å². The van der Waals surface area contributed by atoms with Gasteiger partial charge in [-0.1, -0.05) is 0 Å². The third-order valence-electron chi connectivity index (χ3n) is 2.54. The predicted octanol–water partition coefficient (Wildman–Crippen LogP) is 2.47. The fourth-order valence-corrected chi connectivity index (χ4v) is 1.58. The molecular formula is C12H14FN3O2. The second kappa shape index (κ2) is 6.07. The smallest absolute Gasteiger partial charge is 0.272 e. The van der Waals surface area contributed by atoms with Crippen LogP contribution in [0.15, 0.2) is 18.2 Å². The average molecular weight is 251 g/mol. The lowest BCUT2D eigenvalue weighted by Gasteiger charge is -2.23. The van der Waals surface area contributed by atoms with Crippen LogP contribution in [0.2, 0.25) is 0 Å². The molecule has 0 atom stereocenters. The number of non-ortho nitro benzene ring substituents is 1. The Hall–Kier alpha value is -2.00. The van der Waals surface area contributed by atoms with E-state index in [9.17, 15) is 14.5 Å². The van der Waals surface area contributed by atoms with E-state index < -0.39 is 10.7 Å². The first-order valence-corrected chi connectivity index (χ1v) is 5.49. The van der Waals surface area contributed by atoms with Crippen molar-refractivity contribution in [1.29, 1.82) is 5.26 Å². The zero-order chi connectivity index (χ0) is 13.7. The number of benzene rings is 1. The maximum Gasteiger partial charge on any atom is 0.272 e. The highest BCUT2D eigenvalue weighted by Gasteiger charge is 2.14. The van der Waals surface area contributed by atoms with E-state index in [1.165, 1.54) is 12.1 Å². The van der Waals surface area contributed by atoms with Crippen molar-refractivity contribution in [2.24, 2.45) is 0 Å². The van der Waals surface area contributed by atoms with Crippen LogP contribution in [0.25, 0.3) is 0 Å². The number of halogens is 1. The van der Waals surface area contributed by atoms with Gasteiger partial charge in [-0.2, -0.15) is 5.26 Å². The minimum Gasteiger partial charge on any atom is -0.284 e. The second-order valence-electron chi connectivity index (χ2n) is 4.23. The zero-order valence-corrected chi connectivity index (χ0v) is 10.3. The number of nitro groups is 1. The van der Waals surface area contributed by atoms with Crippen molar-refractivity contribution in [2.75, 3.05) is 6.54 Å². The number of hydrogen-bond donors (Lipinski definition) is 0. The molecule has 18 heavy (non-hydrogen) atoms. The summed E-state index contributed by atoms with van der Waals surface area (Å²) in [7, 11) is 0.